The number of nitrogens with one attached hydrogen (secondary N) is 1. The maximum absolute atomic E-state index is 12.6. The van der Waals surface area contributed by atoms with Crippen LogP contribution in [0.4, 0.5) is 0 Å². The highest BCUT2D eigenvalue weighted by molar-refractivity contribution is 6.39. The molecule has 0 saturated heterocycles. The van der Waals surface area contributed by atoms with Crippen LogP contribution < -0.4 is 5.32 Å². The third-order valence-electron chi connectivity index (χ3n) is 3.73. The zero-order valence-corrected chi connectivity index (χ0v) is 17.0. The van der Waals surface area contributed by atoms with Gasteiger partial charge in [0.15, 0.2) is 5.69 Å². The van der Waals surface area contributed by atoms with E-state index in [-0.39, 0.29) is 17.6 Å². The Bertz CT molecular complexity index is 998. The summed E-state index contributed by atoms with van der Waals surface area (Å²) in [5.41, 5.74) is 1.70. The molecule has 136 valence electrons. The predicted molar refractivity (Wildman–Crippen MR) is 108 cm³/mol. The van der Waals surface area contributed by atoms with Crippen LogP contribution in [-0.4, -0.2) is 21.7 Å². The number of amides is 1. The highest BCUT2D eigenvalue weighted by Gasteiger charge is 2.21. The van der Waals surface area contributed by atoms with Crippen LogP contribution in [0.5, 0.6) is 0 Å². The molecule has 0 bridgehead atoms. The van der Waals surface area contributed by atoms with Gasteiger partial charge in [-0.2, -0.15) is 5.10 Å². The molecular weight excluding hydrogens is 416 g/mol. The number of hydrogen-bond donors (Lipinski definition) is 1. The fourth-order valence-electron chi connectivity index (χ4n) is 2.66. The Balaban J connectivity index is 2.14. The van der Waals surface area contributed by atoms with Gasteiger partial charge >= 0.3 is 0 Å². The Labute approximate surface area is 171 Å². The highest BCUT2D eigenvalue weighted by Crippen LogP contribution is 2.31. The summed E-state index contributed by atoms with van der Waals surface area (Å²) in [4.78, 5) is 12.6. The van der Waals surface area contributed by atoms with Crippen LogP contribution in [0, 0.1) is 0 Å². The number of halogens is 4. The average Bonchev–Trinajstić information content (AvgIpc) is 2.88. The average molecular weight is 431 g/mol. The summed E-state index contributed by atoms with van der Waals surface area (Å²) in [6.07, 6.45) is 0. The molecule has 1 aromatic heterocycles. The van der Waals surface area contributed by atoms with E-state index in [2.05, 4.69) is 10.4 Å². The summed E-state index contributed by atoms with van der Waals surface area (Å²) in [6.45, 7) is 4.10. The van der Waals surface area contributed by atoms with E-state index in [0.717, 1.165) is 5.56 Å². The second-order valence-corrected chi connectivity index (χ2v) is 7.84. The van der Waals surface area contributed by atoms with Gasteiger partial charge in [0.2, 0.25) is 0 Å². The molecule has 0 radical (unpaired) electrons. The van der Waals surface area contributed by atoms with Gasteiger partial charge in [-0.1, -0.05) is 52.5 Å². The van der Waals surface area contributed by atoms with Crippen molar-refractivity contribution >= 4 is 63.2 Å². The number of carbonyl (C=O) groups excluding carboxylic acids is 1. The normalized spacial score (nSPS) is 11.3. The van der Waals surface area contributed by atoms with Gasteiger partial charge in [-0.25, -0.2) is 0 Å². The van der Waals surface area contributed by atoms with E-state index in [4.69, 9.17) is 46.4 Å². The lowest BCUT2D eigenvalue weighted by Crippen LogP contribution is -2.30. The van der Waals surface area contributed by atoms with Gasteiger partial charge in [0.1, 0.15) is 0 Å². The van der Waals surface area contributed by atoms with Crippen LogP contribution in [0.15, 0.2) is 30.3 Å². The minimum Gasteiger partial charge on any atom is -0.348 e. The summed E-state index contributed by atoms with van der Waals surface area (Å²) in [6, 6.07) is 8.51. The van der Waals surface area contributed by atoms with Crippen molar-refractivity contribution in [3.8, 4) is 0 Å². The maximum atomic E-state index is 12.6. The van der Waals surface area contributed by atoms with E-state index in [9.17, 15) is 4.79 Å². The maximum Gasteiger partial charge on any atom is 0.272 e. The first-order chi connectivity index (χ1) is 12.3. The van der Waals surface area contributed by atoms with Gasteiger partial charge in [-0.3, -0.25) is 9.48 Å². The fraction of sp³-hybridized carbons (Fsp3) is 0.222. The third-order valence-corrected chi connectivity index (χ3v) is 4.83. The summed E-state index contributed by atoms with van der Waals surface area (Å²) in [7, 11) is 0. The number of fused-ring (bicyclic) bond motifs is 1. The van der Waals surface area contributed by atoms with Gasteiger partial charge in [0.25, 0.3) is 5.91 Å². The molecular formula is C18H15Cl4N3O. The van der Waals surface area contributed by atoms with Gasteiger partial charge in [0, 0.05) is 26.5 Å². The minimum absolute atomic E-state index is 0.0249. The first-order valence-electron chi connectivity index (χ1n) is 7.86. The number of carbonyl (C=O) groups is 1. The zero-order chi connectivity index (χ0) is 19.0. The number of benzene rings is 2. The third kappa shape index (κ3) is 3.94. The van der Waals surface area contributed by atoms with Gasteiger partial charge in [-0.15, -0.1) is 0 Å². The standard InChI is InChI=1S/C18H15Cl4N3O/c1-9(2)23-18(26)16-13-5-12(20)7-15(22)17(13)25(24-16)8-10-3-4-11(19)6-14(10)21/h3-7,9H,8H2,1-2H3,(H,23,26). The zero-order valence-electron chi connectivity index (χ0n) is 14.0. The molecule has 1 N–H and O–H groups in total. The van der Waals surface area contributed by atoms with Crippen LogP contribution in [0.1, 0.15) is 29.9 Å². The minimum atomic E-state index is -0.288. The molecule has 1 heterocycles. The lowest BCUT2D eigenvalue weighted by Gasteiger charge is -2.07. The Morgan fingerprint density at radius 2 is 1.77 bits per heavy atom. The molecule has 0 aliphatic heterocycles. The van der Waals surface area contributed by atoms with Crippen LogP contribution >= 0.6 is 46.4 Å². The molecule has 4 nitrogen and oxygen atoms in total. The Morgan fingerprint density at radius 3 is 2.42 bits per heavy atom. The molecule has 0 aliphatic carbocycles. The van der Waals surface area contributed by atoms with Crippen LogP contribution in [0.3, 0.4) is 0 Å². The lowest BCUT2D eigenvalue weighted by atomic mass is 10.2. The van der Waals surface area contributed by atoms with Crippen molar-refractivity contribution in [1.29, 1.82) is 0 Å². The predicted octanol–water partition coefficient (Wildman–Crippen LogP) is 5.84. The molecule has 26 heavy (non-hydrogen) atoms. The number of hydrogen-bond acceptors (Lipinski definition) is 2. The second-order valence-electron chi connectivity index (χ2n) is 6.15. The molecule has 8 heteroatoms. The first-order valence-corrected chi connectivity index (χ1v) is 9.38. The second kappa shape index (κ2) is 7.65. The molecule has 0 fully saturated rings. The molecule has 0 spiro atoms. The summed E-state index contributed by atoms with van der Waals surface area (Å²) in [5.74, 6) is -0.288. The Hall–Kier alpha value is -1.46. The van der Waals surface area contributed by atoms with Crippen LogP contribution in [0.2, 0.25) is 20.1 Å². The smallest absolute Gasteiger partial charge is 0.272 e. The number of aromatic nitrogens is 2. The van der Waals surface area contributed by atoms with Crippen molar-refractivity contribution in [1.82, 2.24) is 15.1 Å². The molecule has 3 aromatic rings. The monoisotopic (exact) mass is 429 g/mol. The summed E-state index contributed by atoms with van der Waals surface area (Å²) in [5, 5.41) is 9.81. The van der Waals surface area contributed by atoms with Crippen molar-refractivity contribution < 1.29 is 4.79 Å². The van der Waals surface area contributed by atoms with E-state index < -0.39 is 0 Å². The van der Waals surface area contributed by atoms with E-state index in [1.807, 2.05) is 19.9 Å². The van der Waals surface area contributed by atoms with Crippen molar-refractivity contribution in [2.24, 2.45) is 0 Å². The van der Waals surface area contributed by atoms with Gasteiger partial charge in [-0.05, 0) is 43.7 Å². The van der Waals surface area contributed by atoms with E-state index >= 15 is 0 Å². The molecule has 0 atom stereocenters. The molecule has 3 rings (SSSR count). The fourth-order valence-corrected chi connectivity index (χ4v) is 3.72. The van der Waals surface area contributed by atoms with Crippen molar-refractivity contribution in [2.75, 3.05) is 0 Å². The Kier molecular flexibility index (Phi) is 5.68. The summed E-state index contributed by atoms with van der Waals surface area (Å²) < 4.78 is 1.65. The quantitative estimate of drug-likeness (QED) is 0.565. The highest BCUT2D eigenvalue weighted by atomic mass is 35.5. The molecule has 0 saturated carbocycles. The van der Waals surface area contributed by atoms with Crippen molar-refractivity contribution in [2.45, 2.75) is 26.4 Å². The van der Waals surface area contributed by atoms with E-state index in [0.29, 0.717) is 37.5 Å². The Morgan fingerprint density at radius 1 is 1.08 bits per heavy atom. The number of rotatable bonds is 4. The van der Waals surface area contributed by atoms with Crippen LogP contribution in [0.25, 0.3) is 10.9 Å². The summed E-state index contributed by atoms with van der Waals surface area (Å²) >= 11 is 24.8. The van der Waals surface area contributed by atoms with Gasteiger partial charge in [0.05, 0.1) is 17.1 Å². The van der Waals surface area contributed by atoms with E-state index in [1.54, 1.807) is 28.9 Å². The topological polar surface area (TPSA) is 46.9 Å². The molecule has 0 unspecified atom stereocenters. The lowest BCUT2D eigenvalue weighted by molar-refractivity contribution is 0.0939. The first kappa shape index (κ1) is 19.3. The van der Waals surface area contributed by atoms with Crippen LogP contribution in [-0.2, 0) is 6.54 Å². The molecule has 1 amide bonds. The van der Waals surface area contributed by atoms with Crippen molar-refractivity contribution in [3.05, 3.63) is 61.7 Å². The van der Waals surface area contributed by atoms with E-state index in [1.165, 1.54) is 0 Å². The SMILES string of the molecule is CC(C)NC(=O)c1nn(Cc2ccc(Cl)cc2Cl)c2c(Cl)cc(Cl)cc12. The molecule has 2 aromatic carbocycles. The van der Waals surface area contributed by atoms with Gasteiger partial charge < -0.3 is 5.32 Å². The largest absolute Gasteiger partial charge is 0.348 e. The van der Waals surface area contributed by atoms with Crippen molar-refractivity contribution in [3.63, 3.8) is 0 Å². The number of nitrogens with zero attached hydrogens (tertiary/aromatic N) is 2. The molecule has 0 aliphatic rings.